The lowest BCUT2D eigenvalue weighted by Crippen LogP contribution is -1.88. The first-order valence-corrected chi connectivity index (χ1v) is 4.07. The summed E-state index contributed by atoms with van der Waals surface area (Å²) in [6, 6.07) is 2.07. The summed E-state index contributed by atoms with van der Waals surface area (Å²) in [5.74, 6) is 0.513. The van der Waals surface area contributed by atoms with Crippen molar-refractivity contribution >= 4 is 11.0 Å². The second-order valence-electron chi connectivity index (χ2n) is 3.21. The van der Waals surface area contributed by atoms with E-state index in [2.05, 4.69) is 35.1 Å². The Balaban J connectivity index is 2.60. The third-order valence-electron chi connectivity index (χ3n) is 1.97. The molecule has 2 rings (SSSR count). The van der Waals surface area contributed by atoms with Gasteiger partial charge in [0.2, 0.25) is 0 Å². The van der Waals surface area contributed by atoms with Crippen LogP contribution >= 0.6 is 0 Å². The van der Waals surface area contributed by atoms with Gasteiger partial charge in [-0.25, -0.2) is 0 Å². The number of aromatic nitrogens is 3. The Morgan fingerprint density at radius 3 is 2.92 bits per heavy atom. The molecule has 0 saturated heterocycles. The Morgan fingerprint density at radius 1 is 1.33 bits per heavy atom. The number of H-pyrrole nitrogens is 1. The van der Waals surface area contributed by atoms with Crippen LogP contribution in [0.3, 0.4) is 0 Å². The van der Waals surface area contributed by atoms with Crippen LogP contribution in [0.5, 0.6) is 0 Å². The number of pyridine rings is 1. The van der Waals surface area contributed by atoms with Crippen molar-refractivity contribution in [3.8, 4) is 0 Å². The maximum absolute atomic E-state index is 4.27. The van der Waals surface area contributed by atoms with E-state index in [4.69, 9.17) is 0 Å². The molecule has 3 nitrogen and oxygen atoms in total. The van der Waals surface area contributed by atoms with Gasteiger partial charge in [-0.15, -0.1) is 0 Å². The molecule has 2 aromatic heterocycles. The monoisotopic (exact) mass is 161 g/mol. The second kappa shape index (κ2) is 2.59. The Hall–Kier alpha value is -1.38. The first kappa shape index (κ1) is 7.28. The van der Waals surface area contributed by atoms with E-state index in [0.717, 1.165) is 11.0 Å². The maximum Gasteiger partial charge on any atom is 0.111 e. The van der Waals surface area contributed by atoms with Gasteiger partial charge in [-0.05, 0) is 17.5 Å². The predicted molar refractivity (Wildman–Crippen MR) is 48.0 cm³/mol. The Morgan fingerprint density at radius 2 is 2.17 bits per heavy atom. The number of hydrogen-bond donors (Lipinski definition) is 1. The average molecular weight is 161 g/mol. The smallest absolute Gasteiger partial charge is 0.111 e. The normalized spacial score (nSPS) is 11.2. The van der Waals surface area contributed by atoms with Crippen LogP contribution in [0.2, 0.25) is 0 Å². The van der Waals surface area contributed by atoms with E-state index in [1.54, 1.807) is 6.20 Å². The van der Waals surface area contributed by atoms with Crippen molar-refractivity contribution in [3.63, 3.8) is 0 Å². The van der Waals surface area contributed by atoms with Crippen LogP contribution in [0.15, 0.2) is 18.5 Å². The number of nitrogens with one attached hydrogen (secondary N) is 1. The predicted octanol–water partition coefficient (Wildman–Crippen LogP) is 2.08. The first-order valence-electron chi connectivity index (χ1n) is 4.07. The minimum atomic E-state index is 0.513. The van der Waals surface area contributed by atoms with Gasteiger partial charge in [0.1, 0.15) is 11.0 Å². The zero-order valence-electron chi connectivity index (χ0n) is 7.20. The number of hydrogen-bond acceptors (Lipinski definition) is 2. The van der Waals surface area contributed by atoms with Crippen molar-refractivity contribution in [2.24, 2.45) is 0 Å². The van der Waals surface area contributed by atoms with Gasteiger partial charge in [-0.3, -0.25) is 10.1 Å². The fourth-order valence-corrected chi connectivity index (χ4v) is 1.16. The minimum Gasteiger partial charge on any atom is -0.283 e. The largest absolute Gasteiger partial charge is 0.283 e. The number of fused-ring (bicyclic) bond motifs is 1. The third-order valence-corrected chi connectivity index (χ3v) is 1.97. The summed E-state index contributed by atoms with van der Waals surface area (Å²) in [6.45, 7) is 4.30. The first-order chi connectivity index (χ1) is 5.77. The van der Waals surface area contributed by atoms with E-state index < -0.39 is 0 Å². The fourth-order valence-electron chi connectivity index (χ4n) is 1.16. The second-order valence-corrected chi connectivity index (χ2v) is 3.21. The van der Waals surface area contributed by atoms with Gasteiger partial charge in [0.05, 0.1) is 0 Å². The molecule has 0 aromatic carbocycles. The van der Waals surface area contributed by atoms with E-state index >= 15 is 0 Å². The molecule has 0 atom stereocenters. The summed E-state index contributed by atoms with van der Waals surface area (Å²) >= 11 is 0. The summed E-state index contributed by atoms with van der Waals surface area (Å²) < 4.78 is 0. The highest BCUT2D eigenvalue weighted by Crippen LogP contribution is 2.16. The Bertz CT molecular complexity index is 389. The molecule has 0 unspecified atom stereocenters. The molecule has 0 aliphatic rings. The topological polar surface area (TPSA) is 41.6 Å². The van der Waals surface area contributed by atoms with Crippen LogP contribution in [0.25, 0.3) is 11.0 Å². The van der Waals surface area contributed by atoms with E-state index in [0.29, 0.717) is 5.92 Å². The molecule has 12 heavy (non-hydrogen) atoms. The molecule has 0 amide bonds. The lowest BCUT2D eigenvalue weighted by molar-refractivity contribution is 0.861. The van der Waals surface area contributed by atoms with E-state index in [-0.39, 0.29) is 0 Å². The van der Waals surface area contributed by atoms with Crippen LogP contribution in [0, 0.1) is 0 Å². The van der Waals surface area contributed by atoms with Gasteiger partial charge in [0.25, 0.3) is 0 Å². The van der Waals surface area contributed by atoms with Crippen LogP contribution in [-0.4, -0.2) is 15.2 Å². The summed E-state index contributed by atoms with van der Waals surface area (Å²) in [6.07, 6.45) is 3.71. The highest BCUT2D eigenvalue weighted by atomic mass is 15.1. The summed E-state index contributed by atoms with van der Waals surface area (Å²) in [7, 11) is 0. The molecule has 0 aliphatic carbocycles. The molecule has 0 saturated carbocycles. The van der Waals surface area contributed by atoms with Crippen LogP contribution in [0.4, 0.5) is 0 Å². The van der Waals surface area contributed by atoms with E-state index in [9.17, 15) is 0 Å². The van der Waals surface area contributed by atoms with Crippen molar-refractivity contribution in [2.45, 2.75) is 19.8 Å². The van der Waals surface area contributed by atoms with Crippen molar-refractivity contribution in [1.82, 2.24) is 15.2 Å². The standard InChI is InChI=1S/C9H11N3/c1-6(2)7-3-8-9(10-4-7)5-11-12-8/h3-6H,1-2H3,(H,11,12). The summed E-state index contributed by atoms with van der Waals surface area (Å²) in [5.41, 5.74) is 3.11. The molecule has 2 heterocycles. The molecule has 0 spiro atoms. The highest BCUT2D eigenvalue weighted by Gasteiger charge is 2.02. The van der Waals surface area contributed by atoms with Gasteiger partial charge in [0.15, 0.2) is 0 Å². The summed E-state index contributed by atoms with van der Waals surface area (Å²) in [5, 5.41) is 6.87. The van der Waals surface area contributed by atoms with Crippen molar-refractivity contribution in [3.05, 3.63) is 24.0 Å². The van der Waals surface area contributed by atoms with Crippen molar-refractivity contribution < 1.29 is 0 Å². The molecule has 0 fully saturated rings. The van der Waals surface area contributed by atoms with Gasteiger partial charge in [-0.2, -0.15) is 5.10 Å². The molecule has 3 heteroatoms. The van der Waals surface area contributed by atoms with Crippen LogP contribution in [0.1, 0.15) is 25.3 Å². The Kier molecular flexibility index (Phi) is 1.57. The molecule has 2 aromatic rings. The lowest BCUT2D eigenvalue weighted by atomic mass is 10.1. The molecule has 0 aliphatic heterocycles. The van der Waals surface area contributed by atoms with Crippen molar-refractivity contribution in [2.75, 3.05) is 0 Å². The van der Waals surface area contributed by atoms with Crippen LogP contribution < -0.4 is 0 Å². The SMILES string of the molecule is CC(C)c1cnc2c[nH]nc2c1. The maximum atomic E-state index is 4.27. The molecule has 0 radical (unpaired) electrons. The highest BCUT2D eigenvalue weighted by molar-refractivity contribution is 5.73. The molecule has 62 valence electrons. The van der Waals surface area contributed by atoms with E-state index in [1.807, 2.05) is 6.20 Å². The minimum absolute atomic E-state index is 0.513. The lowest BCUT2D eigenvalue weighted by Gasteiger charge is -2.02. The van der Waals surface area contributed by atoms with Gasteiger partial charge in [0, 0.05) is 12.4 Å². The van der Waals surface area contributed by atoms with E-state index in [1.165, 1.54) is 5.56 Å². The molecule has 1 N–H and O–H groups in total. The van der Waals surface area contributed by atoms with Gasteiger partial charge < -0.3 is 0 Å². The number of rotatable bonds is 1. The molecular weight excluding hydrogens is 150 g/mol. The van der Waals surface area contributed by atoms with Crippen molar-refractivity contribution in [1.29, 1.82) is 0 Å². The number of nitrogens with zero attached hydrogens (tertiary/aromatic N) is 2. The summed E-state index contributed by atoms with van der Waals surface area (Å²) in [4.78, 5) is 4.27. The Labute approximate surface area is 70.8 Å². The fraction of sp³-hybridized carbons (Fsp3) is 0.333. The average Bonchev–Trinajstić information content (AvgIpc) is 2.49. The molecule has 0 bridgehead atoms. The van der Waals surface area contributed by atoms with Gasteiger partial charge >= 0.3 is 0 Å². The third kappa shape index (κ3) is 1.07. The zero-order chi connectivity index (χ0) is 8.55. The van der Waals surface area contributed by atoms with Crippen LogP contribution in [-0.2, 0) is 0 Å². The molecular formula is C9H11N3. The zero-order valence-corrected chi connectivity index (χ0v) is 7.20. The number of aromatic amines is 1. The quantitative estimate of drug-likeness (QED) is 0.695. The van der Waals surface area contributed by atoms with Gasteiger partial charge in [-0.1, -0.05) is 13.8 Å².